The molecule has 4 aromatic rings. The van der Waals surface area contributed by atoms with E-state index in [0.29, 0.717) is 59.0 Å². The molecule has 0 saturated heterocycles. The number of pyridine rings is 1. The Balaban J connectivity index is 1.57. The van der Waals surface area contributed by atoms with Gasteiger partial charge in [0.15, 0.2) is 5.82 Å². The van der Waals surface area contributed by atoms with Crippen molar-refractivity contribution in [3.05, 3.63) is 42.2 Å². The maximum atomic E-state index is 11.7. The number of nitrogens with two attached hydrogens (primary N) is 1. The van der Waals surface area contributed by atoms with E-state index in [1.54, 1.807) is 18.6 Å². The van der Waals surface area contributed by atoms with Crippen LogP contribution in [0.5, 0.6) is 0 Å². The number of nitrogen functional groups attached to an aromatic ring is 1. The smallest absolute Gasteiger partial charge is 0.250 e. The van der Waals surface area contributed by atoms with Crippen LogP contribution in [0.15, 0.2) is 31.0 Å². The van der Waals surface area contributed by atoms with Gasteiger partial charge in [0.1, 0.15) is 28.7 Å². The number of fused-ring (bicyclic) bond motifs is 1. The predicted molar refractivity (Wildman–Crippen MR) is 120 cm³/mol. The van der Waals surface area contributed by atoms with Gasteiger partial charge in [-0.3, -0.25) is 4.79 Å². The molecule has 0 radical (unpaired) electrons. The van der Waals surface area contributed by atoms with Gasteiger partial charge in [0.05, 0.1) is 29.8 Å². The highest BCUT2D eigenvalue weighted by Crippen LogP contribution is 2.31. The summed E-state index contributed by atoms with van der Waals surface area (Å²) in [5.74, 6) is 1.53. The first-order chi connectivity index (χ1) is 16.1. The van der Waals surface area contributed by atoms with Crippen molar-refractivity contribution >= 4 is 28.5 Å². The molecule has 1 aliphatic carbocycles. The van der Waals surface area contributed by atoms with Crippen LogP contribution in [-0.2, 0) is 11.2 Å². The summed E-state index contributed by atoms with van der Waals surface area (Å²) in [6, 6.07) is 2.04. The second-order valence-corrected chi connectivity index (χ2v) is 7.81. The monoisotopic (exact) mass is 440 g/mol. The van der Waals surface area contributed by atoms with Crippen molar-refractivity contribution in [3.63, 3.8) is 0 Å². The van der Waals surface area contributed by atoms with Gasteiger partial charge in [-0.1, -0.05) is 6.92 Å². The van der Waals surface area contributed by atoms with E-state index in [9.17, 15) is 4.79 Å². The minimum absolute atomic E-state index is 0.0495. The maximum Gasteiger partial charge on any atom is 0.250 e. The summed E-state index contributed by atoms with van der Waals surface area (Å²) in [5, 5.41) is 16.7. The van der Waals surface area contributed by atoms with Crippen molar-refractivity contribution in [1.29, 1.82) is 5.26 Å². The van der Waals surface area contributed by atoms with Crippen LogP contribution in [0.2, 0.25) is 0 Å². The molecule has 0 aliphatic heterocycles. The van der Waals surface area contributed by atoms with Crippen LogP contribution < -0.4 is 11.1 Å². The van der Waals surface area contributed by atoms with Crippen LogP contribution in [0.25, 0.3) is 28.1 Å². The number of Topliss-reactive ketones (excluding diaryl/α,β-unsaturated/α-hetero) is 1. The van der Waals surface area contributed by atoms with E-state index in [0.717, 1.165) is 17.7 Å². The summed E-state index contributed by atoms with van der Waals surface area (Å²) >= 11 is 0. The third kappa shape index (κ3) is 3.82. The van der Waals surface area contributed by atoms with E-state index in [1.807, 2.05) is 13.0 Å². The van der Waals surface area contributed by atoms with Crippen LogP contribution in [0.3, 0.4) is 0 Å². The number of rotatable bonds is 5. The summed E-state index contributed by atoms with van der Waals surface area (Å²) in [5.41, 5.74) is 9.82. The Morgan fingerprint density at radius 2 is 2.00 bits per heavy atom. The molecule has 164 valence electrons. The third-order valence-corrected chi connectivity index (χ3v) is 5.59. The first-order valence-electron chi connectivity index (χ1n) is 10.6. The third-order valence-electron chi connectivity index (χ3n) is 5.59. The zero-order valence-corrected chi connectivity index (χ0v) is 17.9. The minimum Gasteiger partial charge on any atom is -0.382 e. The summed E-state index contributed by atoms with van der Waals surface area (Å²) in [6.07, 6.45) is 10.4. The van der Waals surface area contributed by atoms with Gasteiger partial charge in [-0.2, -0.15) is 10.4 Å². The molecule has 4 heterocycles. The fourth-order valence-corrected chi connectivity index (χ4v) is 3.87. The van der Waals surface area contributed by atoms with Crippen molar-refractivity contribution in [2.45, 2.75) is 38.6 Å². The number of nitrogens with one attached hydrogen (secondary N) is 1. The number of carbonyl (C=O) groups excluding carboxylic acids is 1. The molecular weight excluding hydrogens is 420 g/mol. The van der Waals surface area contributed by atoms with Gasteiger partial charge < -0.3 is 11.1 Å². The van der Waals surface area contributed by atoms with Crippen molar-refractivity contribution in [2.24, 2.45) is 0 Å². The molecule has 3 N–H and O–H groups in total. The number of carbonyl (C=O) groups is 1. The largest absolute Gasteiger partial charge is 0.382 e. The van der Waals surface area contributed by atoms with Gasteiger partial charge in [-0.05, 0) is 12.8 Å². The van der Waals surface area contributed by atoms with Crippen molar-refractivity contribution < 1.29 is 4.79 Å². The lowest BCUT2D eigenvalue weighted by molar-refractivity contribution is -0.117. The maximum absolute atomic E-state index is 11.7. The van der Waals surface area contributed by atoms with Gasteiger partial charge in [-0.25, -0.2) is 29.6 Å². The molecule has 1 atom stereocenters. The molecule has 11 nitrogen and oxygen atoms in total. The van der Waals surface area contributed by atoms with Crippen molar-refractivity contribution in [3.8, 4) is 23.1 Å². The first kappa shape index (κ1) is 20.4. The van der Waals surface area contributed by atoms with E-state index in [1.165, 1.54) is 17.1 Å². The summed E-state index contributed by atoms with van der Waals surface area (Å²) in [6.45, 7) is 2.00. The average molecular weight is 440 g/mol. The van der Waals surface area contributed by atoms with E-state index in [-0.39, 0.29) is 11.8 Å². The topological polar surface area (TPSA) is 161 Å². The normalized spacial score (nSPS) is 15.6. The Bertz CT molecular complexity index is 1400. The lowest BCUT2D eigenvalue weighted by Crippen LogP contribution is -2.18. The lowest BCUT2D eigenvalue weighted by Gasteiger charge is -2.16. The Kier molecular flexibility index (Phi) is 5.10. The number of nitrogens with zero attached hydrogens (tertiary/aromatic N) is 8. The standard InChI is InChI=1S/C22H20N10O/c1-2-17-21(29-14-3-4-15(33)5-14)31-18-16(10-25-20(24)19(18)30-17)13-9-28-32(11-13)22-26-7-12(6-23)8-27-22/h7-11,14H,2-5H2,1H3,(H2,24,25)(H,29,31). The zero-order chi connectivity index (χ0) is 22.9. The number of aryl methyl sites for hydroxylation is 1. The number of hydrogen-bond acceptors (Lipinski definition) is 10. The second-order valence-electron chi connectivity index (χ2n) is 7.81. The predicted octanol–water partition coefficient (Wildman–Crippen LogP) is 2.22. The van der Waals surface area contributed by atoms with Gasteiger partial charge in [-0.15, -0.1) is 0 Å². The first-order valence-corrected chi connectivity index (χ1v) is 10.6. The van der Waals surface area contributed by atoms with E-state index in [2.05, 4.69) is 25.4 Å². The van der Waals surface area contributed by atoms with Crippen LogP contribution in [-0.4, -0.2) is 46.5 Å². The Labute approximate surface area is 188 Å². The number of nitriles is 1. The Morgan fingerprint density at radius 1 is 1.18 bits per heavy atom. The molecule has 33 heavy (non-hydrogen) atoms. The summed E-state index contributed by atoms with van der Waals surface area (Å²) < 4.78 is 1.51. The molecule has 1 fully saturated rings. The van der Waals surface area contributed by atoms with Crippen LogP contribution >= 0.6 is 0 Å². The number of aromatic nitrogens is 7. The highest BCUT2D eigenvalue weighted by atomic mass is 16.1. The molecule has 0 bridgehead atoms. The molecular formula is C22H20N10O. The zero-order valence-electron chi connectivity index (χ0n) is 17.9. The fraction of sp³-hybridized carbons (Fsp3) is 0.273. The summed E-state index contributed by atoms with van der Waals surface area (Å²) in [4.78, 5) is 34.0. The van der Waals surface area contributed by atoms with Crippen LogP contribution in [0.4, 0.5) is 11.6 Å². The molecule has 0 aromatic carbocycles. The van der Waals surface area contributed by atoms with Crippen molar-refractivity contribution in [2.75, 3.05) is 11.1 Å². The highest BCUT2D eigenvalue weighted by molar-refractivity contribution is 5.96. The molecule has 11 heteroatoms. The molecule has 0 amide bonds. The SMILES string of the molecule is CCc1nc2c(N)ncc(-c3cnn(-c4ncc(C#N)cn4)c3)c2nc1NC1CCC(=O)C1. The minimum atomic E-state index is 0.0495. The van der Waals surface area contributed by atoms with Gasteiger partial charge >= 0.3 is 0 Å². The van der Waals surface area contributed by atoms with Gasteiger partial charge in [0.25, 0.3) is 5.95 Å². The van der Waals surface area contributed by atoms with Gasteiger partial charge in [0.2, 0.25) is 0 Å². The highest BCUT2D eigenvalue weighted by Gasteiger charge is 2.24. The fourth-order valence-electron chi connectivity index (χ4n) is 3.87. The van der Waals surface area contributed by atoms with Crippen molar-refractivity contribution in [1.82, 2.24) is 34.7 Å². The molecule has 1 aliphatic rings. The van der Waals surface area contributed by atoms with E-state index in [4.69, 9.17) is 21.0 Å². The average Bonchev–Trinajstić information content (AvgIpc) is 3.48. The van der Waals surface area contributed by atoms with E-state index >= 15 is 0 Å². The number of ketones is 1. The van der Waals surface area contributed by atoms with Crippen LogP contribution in [0.1, 0.15) is 37.4 Å². The molecule has 5 rings (SSSR count). The van der Waals surface area contributed by atoms with Gasteiger partial charge in [0, 0.05) is 42.4 Å². The number of hydrogen-bond donors (Lipinski definition) is 2. The number of anilines is 2. The Hall–Kier alpha value is -4.46. The Morgan fingerprint density at radius 3 is 2.70 bits per heavy atom. The molecule has 0 spiro atoms. The molecule has 4 aromatic heterocycles. The molecule has 1 saturated carbocycles. The quantitative estimate of drug-likeness (QED) is 0.470. The molecule has 1 unspecified atom stereocenters. The summed E-state index contributed by atoms with van der Waals surface area (Å²) in [7, 11) is 0. The lowest BCUT2D eigenvalue weighted by atomic mass is 10.1. The van der Waals surface area contributed by atoms with Crippen LogP contribution in [0, 0.1) is 11.3 Å². The van der Waals surface area contributed by atoms with E-state index < -0.39 is 0 Å². The second kappa shape index (κ2) is 8.23.